The minimum atomic E-state index is -1.68. The van der Waals surface area contributed by atoms with E-state index in [1.54, 1.807) is 13.0 Å². The highest BCUT2D eigenvalue weighted by Gasteiger charge is 2.60. The van der Waals surface area contributed by atoms with E-state index in [1.165, 1.54) is 5.57 Å². The minimum absolute atomic E-state index is 0.0526. The Morgan fingerprint density at radius 2 is 1.89 bits per heavy atom. The van der Waals surface area contributed by atoms with Gasteiger partial charge in [0.25, 0.3) is 0 Å². The normalized spacial score (nSPS) is 49.7. The Morgan fingerprint density at radius 1 is 1.11 bits per heavy atom. The third-order valence-electron chi connectivity index (χ3n) is 9.30. The van der Waals surface area contributed by atoms with Crippen molar-refractivity contribution in [1.82, 2.24) is 0 Å². The highest BCUT2D eigenvalue weighted by Crippen LogP contribution is 2.47. The fourth-order valence-electron chi connectivity index (χ4n) is 6.85. The molecule has 0 aromatic carbocycles. The molecular formula is C31H44O7. The first kappa shape index (κ1) is 27.8. The van der Waals surface area contributed by atoms with E-state index in [9.17, 15) is 15.0 Å². The van der Waals surface area contributed by atoms with Crippen LogP contribution < -0.4 is 0 Å². The summed E-state index contributed by atoms with van der Waals surface area (Å²) in [7, 11) is 0. The van der Waals surface area contributed by atoms with Crippen LogP contribution in [0.25, 0.3) is 0 Å². The lowest BCUT2D eigenvalue weighted by molar-refractivity contribution is -0.332. The summed E-state index contributed by atoms with van der Waals surface area (Å²) in [6, 6.07) is 0. The first-order valence-corrected chi connectivity index (χ1v) is 14.3. The number of carbonyl (C=O) groups excluding carboxylic acids is 1. The van der Waals surface area contributed by atoms with Gasteiger partial charge in [-0.15, -0.1) is 0 Å². The molecule has 1 aliphatic carbocycles. The Morgan fingerprint density at radius 3 is 2.66 bits per heavy atom. The van der Waals surface area contributed by atoms with Crippen molar-refractivity contribution in [2.24, 2.45) is 17.8 Å². The van der Waals surface area contributed by atoms with Crippen molar-refractivity contribution < 1.29 is 34.0 Å². The number of allylic oxidation sites excluding steroid dienone is 4. The van der Waals surface area contributed by atoms with Gasteiger partial charge in [-0.25, -0.2) is 0 Å². The van der Waals surface area contributed by atoms with Gasteiger partial charge >= 0.3 is 5.97 Å². The molecule has 0 aromatic rings. The Labute approximate surface area is 226 Å². The molecule has 7 nitrogen and oxygen atoms in total. The van der Waals surface area contributed by atoms with E-state index in [0.717, 1.165) is 25.7 Å². The summed E-state index contributed by atoms with van der Waals surface area (Å²) in [5, 5.41) is 22.8. The lowest BCUT2D eigenvalue weighted by Crippen LogP contribution is -2.58. The molecule has 0 amide bonds. The van der Waals surface area contributed by atoms with Crippen LogP contribution in [-0.2, 0) is 23.7 Å². The third-order valence-corrected chi connectivity index (χ3v) is 9.30. The molecule has 7 heteroatoms. The molecule has 0 saturated carbocycles. The van der Waals surface area contributed by atoms with Gasteiger partial charge in [0.1, 0.15) is 29.8 Å². The van der Waals surface area contributed by atoms with Crippen LogP contribution in [0.15, 0.2) is 47.1 Å². The summed E-state index contributed by atoms with van der Waals surface area (Å²) in [6.07, 6.45) is 11.8. The van der Waals surface area contributed by atoms with Crippen LogP contribution in [0.4, 0.5) is 0 Å². The van der Waals surface area contributed by atoms with Crippen molar-refractivity contribution in [3.63, 3.8) is 0 Å². The average molecular weight is 529 g/mol. The monoisotopic (exact) mass is 528 g/mol. The Hall–Kier alpha value is -1.77. The average Bonchev–Trinajstić information content (AvgIpc) is 3.19. The second-order valence-corrected chi connectivity index (χ2v) is 12.4. The molecule has 5 aliphatic rings. The first-order valence-electron chi connectivity index (χ1n) is 14.3. The quantitative estimate of drug-likeness (QED) is 0.352. The van der Waals surface area contributed by atoms with Crippen LogP contribution in [0.5, 0.6) is 0 Å². The Bertz CT molecular complexity index is 1040. The lowest BCUT2D eigenvalue weighted by atomic mass is 9.71. The number of ether oxygens (including phenoxy) is 4. The first-order chi connectivity index (χ1) is 18.0. The number of rotatable bonds is 0. The largest absolute Gasteiger partial charge is 0.462 e. The van der Waals surface area contributed by atoms with E-state index in [-0.39, 0.29) is 18.8 Å². The zero-order valence-electron chi connectivity index (χ0n) is 23.4. The predicted octanol–water partition coefficient (Wildman–Crippen LogP) is 4.53. The van der Waals surface area contributed by atoms with Crippen LogP contribution in [0.1, 0.15) is 73.1 Å². The van der Waals surface area contributed by atoms with Gasteiger partial charge in [-0.05, 0) is 63.0 Å². The van der Waals surface area contributed by atoms with Gasteiger partial charge in [0.15, 0.2) is 5.79 Å². The number of hydrogen-bond donors (Lipinski definition) is 2. The number of aliphatic hydroxyl groups is 2. The summed E-state index contributed by atoms with van der Waals surface area (Å²) in [5.41, 5.74) is 0.783. The molecular weight excluding hydrogens is 484 g/mol. The Kier molecular flexibility index (Phi) is 7.79. The van der Waals surface area contributed by atoms with E-state index >= 15 is 0 Å². The predicted molar refractivity (Wildman–Crippen MR) is 143 cm³/mol. The number of carbonyl (C=O) groups is 1. The van der Waals surface area contributed by atoms with Gasteiger partial charge in [-0.2, -0.15) is 0 Å². The van der Waals surface area contributed by atoms with Crippen molar-refractivity contribution in [3.8, 4) is 0 Å². The molecule has 0 aromatic heterocycles. The van der Waals surface area contributed by atoms with Crippen molar-refractivity contribution >= 4 is 5.97 Å². The second-order valence-electron chi connectivity index (χ2n) is 12.4. The summed E-state index contributed by atoms with van der Waals surface area (Å²) in [4.78, 5) is 13.8. The van der Waals surface area contributed by atoms with Gasteiger partial charge in [-0.1, -0.05) is 49.8 Å². The van der Waals surface area contributed by atoms with Gasteiger partial charge in [0, 0.05) is 19.3 Å². The molecule has 2 N–H and O–H groups in total. The van der Waals surface area contributed by atoms with E-state index in [1.807, 2.05) is 12.2 Å². The maximum Gasteiger partial charge on any atom is 0.316 e. The van der Waals surface area contributed by atoms with Gasteiger partial charge in [0.2, 0.25) is 0 Å². The van der Waals surface area contributed by atoms with Crippen LogP contribution in [0.3, 0.4) is 0 Å². The molecule has 3 saturated heterocycles. The molecule has 0 unspecified atom stereocenters. The molecule has 5 rings (SSSR count). The van der Waals surface area contributed by atoms with Crippen molar-refractivity contribution in [2.75, 3.05) is 6.61 Å². The van der Waals surface area contributed by atoms with E-state index in [2.05, 4.69) is 39.8 Å². The summed E-state index contributed by atoms with van der Waals surface area (Å²) in [6.45, 7) is 10.5. The highest BCUT2D eigenvalue weighted by molar-refractivity contribution is 5.78. The summed E-state index contributed by atoms with van der Waals surface area (Å²) in [5.74, 6) is -1.53. The molecule has 10 atom stereocenters. The highest BCUT2D eigenvalue weighted by atomic mass is 16.7. The van der Waals surface area contributed by atoms with Gasteiger partial charge in [0.05, 0.1) is 18.8 Å². The third kappa shape index (κ3) is 5.20. The lowest BCUT2D eigenvalue weighted by Gasteiger charge is -2.49. The number of hydrogen-bond acceptors (Lipinski definition) is 7. The van der Waals surface area contributed by atoms with Crippen LogP contribution >= 0.6 is 0 Å². The fourth-order valence-corrected chi connectivity index (χ4v) is 6.85. The van der Waals surface area contributed by atoms with E-state index in [0.29, 0.717) is 35.8 Å². The summed E-state index contributed by atoms with van der Waals surface area (Å²) >= 11 is 0. The maximum absolute atomic E-state index is 13.8. The van der Waals surface area contributed by atoms with Crippen LogP contribution in [0.2, 0.25) is 0 Å². The molecule has 4 heterocycles. The van der Waals surface area contributed by atoms with Gasteiger partial charge in [-0.3, -0.25) is 4.79 Å². The molecule has 4 aliphatic heterocycles. The van der Waals surface area contributed by atoms with Crippen LogP contribution in [0, 0.1) is 17.8 Å². The Balaban J connectivity index is 1.51. The smallest absolute Gasteiger partial charge is 0.316 e. The van der Waals surface area contributed by atoms with Crippen molar-refractivity contribution in [1.29, 1.82) is 0 Å². The van der Waals surface area contributed by atoms with Gasteiger partial charge < -0.3 is 29.2 Å². The maximum atomic E-state index is 13.8. The number of fused-ring (bicyclic) bond motifs is 2. The molecule has 38 heavy (non-hydrogen) atoms. The fraction of sp³-hybridized carbons (Fsp3) is 0.710. The topological polar surface area (TPSA) is 94.5 Å². The molecule has 0 radical (unpaired) electrons. The minimum Gasteiger partial charge on any atom is -0.462 e. The van der Waals surface area contributed by atoms with Crippen LogP contribution in [-0.4, -0.2) is 64.7 Å². The number of esters is 1. The molecule has 1 spiro atoms. The molecule has 3 fully saturated rings. The zero-order chi connectivity index (χ0) is 27.2. The molecule has 210 valence electrons. The van der Waals surface area contributed by atoms with E-state index < -0.39 is 41.6 Å². The van der Waals surface area contributed by atoms with Crippen molar-refractivity contribution in [2.45, 2.75) is 115 Å². The SMILES string of the molecule is CC1=C[C@@H]2C(=O)O[C@@H]3C[C@H](C/C=C(\C)C[C@H](C)/C=C/C=C4\CO[C@@H]([C@H]1O)[C@]42O)O[C@]1(CC[C@@H](C)[C@H](C)O1)C3. The number of aliphatic hydroxyl groups excluding tert-OH is 1. The van der Waals surface area contributed by atoms with E-state index in [4.69, 9.17) is 18.9 Å². The standard InChI is InChI=1S/C31H44O7/c1-18-7-6-8-23-17-35-28-27(32)21(4)14-26(31(23,28)34)29(33)36-25-15-24(10-9-19(2)13-18)38-30(16-25)12-11-20(3)22(5)37-30/h6-9,14,18,20,22,24-28,32,34H,10-13,15-17H2,1-5H3/b7-6+,19-9+,23-8+/t18-,20-,22+,24+,25-,26-,27+,28+,30-,31+/m1/s1. The second kappa shape index (κ2) is 10.7. The zero-order valence-corrected chi connectivity index (χ0v) is 23.4. The molecule has 2 bridgehead atoms. The van der Waals surface area contributed by atoms with Crippen molar-refractivity contribution in [3.05, 3.63) is 47.1 Å². The summed E-state index contributed by atoms with van der Waals surface area (Å²) < 4.78 is 25.2.